The molecule has 2 amide bonds. The van der Waals surface area contributed by atoms with Gasteiger partial charge in [0.05, 0.1) is 23.1 Å². The highest BCUT2D eigenvalue weighted by Gasteiger charge is 2.25. The number of nitrogens with one attached hydrogen (secondary N) is 2. The number of carboxylic acid groups (broad SMARTS) is 1. The minimum Gasteiger partial charge on any atom is -0.481 e. The van der Waals surface area contributed by atoms with Crippen LogP contribution < -0.4 is 10.6 Å². The van der Waals surface area contributed by atoms with Gasteiger partial charge in [-0.25, -0.2) is 0 Å². The van der Waals surface area contributed by atoms with Crippen molar-refractivity contribution >= 4 is 64.0 Å². The zero-order chi connectivity index (χ0) is 28.4. The van der Waals surface area contributed by atoms with E-state index < -0.39 is 24.3 Å². The lowest BCUT2D eigenvalue weighted by Gasteiger charge is -2.16. The van der Waals surface area contributed by atoms with Gasteiger partial charge in [-0.2, -0.15) is 0 Å². The van der Waals surface area contributed by atoms with Crippen molar-refractivity contribution in [3.05, 3.63) is 86.6 Å². The number of hydrogen-bond donors (Lipinski definition) is 3. The second kappa shape index (κ2) is 14.8. The summed E-state index contributed by atoms with van der Waals surface area (Å²) in [5.74, 6) is -1.57. The van der Waals surface area contributed by atoms with E-state index in [1.807, 2.05) is 55.6 Å². The number of anilines is 1. The van der Waals surface area contributed by atoms with Crippen molar-refractivity contribution < 1.29 is 24.3 Å². The predicted molar refractivity (Wildman–Crippen MR) is 156 cm³/mol. The van der Waals surface area contributed by atoms with Crippen LogP contribution in [0.1, 0.15) is 39.0 Å². The molecular formula is C28H30ClN3O5S2. The fourth-order valence-electron chi connectivity index (χ4n) is 3.74. The molecule has 0 radical (unpaired) electrons. The number of thiophene rings is 1. The van der Waals surface area contributed by atoms with E-state index in [1.54, 1.807) is 12.1 Å². The maximum absolute atomic E-state index is 12.9. The van der Waals surface area contributed by atoms with Crippen LogP contribution in [-0.4, -0.2) is 52.4 Å². The van der Waals surface area contributed by atoms with Gasteiger partial charge in [-0.3, -0.25) is 24.1 Å². The Hall–Kier alpha value is -3.18. The quantitative estimate of drug-likeness (QED) is 0.241. The minimum atomic E-state index is -1.16. The molecular weight excluding hydrogens is 558 g/mol. The Balaban J connectivity index is 1.53. The largest absolute Gasteiger partial charge is 0.481 e. The third kappa shape index (κ3) is 10.1. The van der Waals surface area contributed by atoms with Crippen LogP contribution in [0.25, 0.3) is 0 Å². The van der Waals surface area contributed by atoms with Crippen LogP contribution >= 0.6 is 34.7 Å². The molecule has 0 spiro atoms. The molecule has 206 valence electrons. The van der Waals surface area contributed by atoms with Crippen LogP contribution in [0.2, 0.25) is 5.02 Å². The summed E-state index contributed by atoms with van der Waals surface area (Å²) in [5.41, 5.74) is 2.69. The summed E-state index contributed by atoms with van der Waals surface area (Å²) in [7, 11) is 1.96. The fraction of sp³-hybridized carbons (Fsp3) is 0.286. The summed E-state index contributed by atoms with van der Waals surface area (Å²) in [5, 5.41) is 15.2. The highest BCUT2D eigenvalue weighted by molar-refractivity contribution is 7.99. The molecule has 1 aromatic heterocycles. The summed E-state index contributed by atoms with van der Waals surface area (Å²) >= 11 is 8.78. The maximum atomic E-state index is 12.9. The molecule has 3 aromatic rings. The lowest BCUT2D eigenvalue weighted by atomic mass is 10.1. The molecule has 3 N–H and O–H groups in total. The van der Waals surface area contributed by atoms with Crippen LogP contribution in [0, 0.1) is 0 Å². The molecule has 0 aliphatic heterocycles. The molecule has 0 saturated heterocycles. The third-order valence-electron chi connectivity index (χ3n) is 5.57. The Morgan fingerprint density at radius 1 is 1.03 bits per heavy atom. The van der Waals surface area contributed by atoms with Crippen LogP contribution in [0.3, 0.4) is 0 Å². The number of amides is 2. The third-order valence-corrected chi connectivity index (χ3v) is 8.01. The van der Waals surface area contributed by atoms with Gasteiger partial charge in [0.15, 0.2) is 5.78 Å². The van der Waals surface area contributed by atoms with Crippen LogP contribution in [0.15, 0.2) is 60.7 Å². The SMILES string of the molecule is CC(=O)Nc1ccc(CN(C)Cc2ccc(C(=O)N[C@@H](CC(=O)O)C(=O)CSCc3ccccc3Cl)s2)cc1. The molecule has 0 bridgehead atoms. The lowest BCUT2D eigenvalue weighted by molar-refractivity contribution is -0.139. The number of carboxylic acids is 1. The van der Waals surface area contributed by atoms with Crippen molar-refractivity contribution in [2.45, 2.75) is 38.2 Å². The fourth-order valence-corrected chi connectivity index (χ4v) is 5.99. The summed E-state index contributed by atoms with van der Waals surface area (Å²) in [6.45, 7) is 2.73. The van der Waals surface area contributed by atoms with E-state index in [0.29, 0.717) is 28.7 Å². The lowest BCUT2D eigenvalue weighted by Crippen LogP contribution is -2.43. The number of carbonyl (C=O) groups is 4. The van der Waals surface area contributed by atoms with E-state index in [-0.39, 0.29) is 17.4 Å². The van der Waals surface area contributed by atoms with E-state index in [9.17, 15) is 24.3 Å². The van der Waals surface area contributed by atoms with E-state index in [1.165, 1.54) is 30.0 Å². The monoisotopic (exact) mass is 587 g/mol. The normalized spacial score (nSPS) is 11.7. The Morgan fingerprint density at radius 3 is 2.41 bits per heavy atom. The van der Waals surface area contributed by atoms with E-state index >= 15 is 0 Å². The van der Waals surface area contributed by atoms with Crippen molar-refractivity contribution in [1.82, 2.24) is 10.2 Å². The molecule has 3 rings (SSSR count). The topological polar surface area (TPSA) is 116 Å². The Kier molecular flexibility index (Phi) is 11.5. The number of hydrogen-bond acceptors (Lipinski definition) is 7. The van der Waals surface area contributed by atoms with Crippen molar-refractivity contribution in [3.63, 3.8) is 0 Å². The number of nitrogens with zero attached hydrogens (tertiary/aromatic N) is 1. The first-order valence-electron chi connectivity index (χ1n) is 12.1. The Morgan fingerprint density at radius 2 is 1.74 bits per heavy atom. The zero-order valence-corrected chi connectivity index (χ0v) is 24.0. The average Bonchev–Trinajstić information content (AvgIpc) is 3.34. The number of halogens is 1. The van der Waals surface area contributed by atoms with Crippen molar-refractivity contribution in [3.8, 4) is 0 Å². The van der Waals surface area contributed by atoms with Crippen molar-refractivity contribution in [2.75, 3.05) is 18.1 Å². The smallest absolute Gasteiger partial charge is 0.305 e. The number of rotatable bonds is 14. The van der Waals surface area contributed by atoms with Crippen LogP contribution in [0.4, 0.5) is 5.69 Å². The van der Waals surface area contributed by atoms with Gasteiger partial charge in [-0.15, -0.1) is 23.1 Å². The summed E-state index contributed by atoms with van der Waals surface area (Å²) in [4.78, 5) is 51.6. The second-order valence-corrected chi connectivity index (χ2v) is 11.6. The second-order valence-electron chi connectivity index (χ2n) is 8.99. The summed E-state index contributed by atoms with van der Waals surface area (Å²) in [6, 6.07) is 17.3. The molecule has 0 saturated carbocycles. The molecule has 0 aliphatic carbocycles. The standard InChI is InChI=1S/C28H30ClN3O5S2/c1-18(33)30-21-9-7-19(8-10-21)14-32(2)15-22-11-12-26(39-22)28(37)31-24(13-27(35)36)25(34)17-38-16-20-5-3-4-6-23(20)29/h3-12,24H,13-17H2,1-2H3,(H,30,33)(H,31,37)(H,35,36)/t24-/m0/s1. The van der Waals surface area contributed by atoms with Crippen molar-refractivity contribution in [2.24, 2.45) is 0 Å². The molecule has 39 heavy (non-hydrogen) atoms. The molecule has 8 nitrogen and oxygen atoms in total. The van der Waals surface area contributed by atoms with Gasteiger partial charge in [0, 0.05) is 41.4 Å². The van der Waals surface area contributed by atoms with Crippen molar-refractivity contribution in [1.29, 1.82) is 0 Å². The van der Waals surface area contributed by atoms with Gasteiger partial charge in [0.2, 0.25) is 5.91 Å². The van der Waals surface area contributed by atoms with Gasteiger partial charge in [-0.1, -0.05) is 41.9 Å². The van der Waals surface area contributed by atoms with Crippen LogP contribution in [0.5, 0.6) is 0 Å². The van der Waals surface area contributed by atoms with Crippen LogP contribution in [-0.2, 0) is 33.2 Å². The first-order valence-corrected chi connectivity index (χ1v) is 14.5. The van der Waals surface area contributed by atoms with E-state index in [4.69, 9.17) is 11.6 Å². The Bertz CT molecular complexity index is 1310. The molecule has 0 aliphatic rings. The first kappa shape index (κ1) is 30.4. The highest BCUT2D eigenvalue weighted by Crippen LogP contribution is 2.22. The number of Topliss-reactive ketones (excluding diaryl/α,β-unsaturated/α-hetero) is 1. The first-order chi connectivity index (χ1) is 18.6. The van der Waals surface area contributed by atoms with Gasteiger partial charge in [-0.05, 0) is 48.5 Å². The summed E-state index contributed by atoms with van der Waals surface area (Å²) in [6.07, 6.45) is -0.487. The van der Waals surface area contributed by atoms with Gasteiger partial charge in [0.25, 0.3) is 5.91 Å². The highest BCUT2D eigenvalue weighted by atomic mass is 35.5. The number of carbonyl (C=O) groups excluding carboxylic acids is 3. The van der Waals surface area contributed by atoms with Gasteiger partial charge >= 0.3 is 5.97 Å². The number of thioether (sulfide) groups is 1. The Labute approximate surface area is 240 Å². The van der Waals surface area contributed by atoms with Gasteiger partial charge in [0.1, 0.15) is 0 Å². The molecule has 2 aromatic carbocycles. The zero-order valence-electron chi connectivity index (χ0n) is 21.6. The molecule has 1 atom stereocenters. The molecule has 11 heteroatoms. The van der Waals surface area contributed by atoms with E-state index in [2.05, 4.69) is 15.5 Å². The minimum absolute atomic E-state index is 0.0513. The predicted octanol–water partition coefficient (Wildman–Crippen LogP) is 5.07. The molecule has 0 unspecified atom stereocenters. The van der Waals surface area contributed by atoms with E-state index in [0.717, 1.165) is 21.7 Å². The number of benzene rings is 2. The number of aliphatic carboxylic acids is 1. The van der Waals surface area contributed by atoms with Gasteiger partial charge < -0.3 is 15.7 Å². The number of ketones is 1. The molecule has 0 fully saturated rings. The molecule has 1 heterocycles. The maximum Gasteiger partial charge on any atom is 0.305 e. The average molecular weight is 588 g/mol. The summed E-state index contributed by atoms with van der Waals surface area (Å²) < 4.78 is 0.